The van der Waals surface area contributed by atoms with Crippen molar-refractivity contribution >= 4 is 5.69 Å². The van der Waals surface area contributed by atoms with Crippen molar-refractivity contribution in [2.24, 2.45) is 0 Å². The Kier molecular flexibility index (Phi) is 5.05. The van der Waals surface area contributed by atoms with E-state index in [-0.39, 0.29) is 12.3 Å². The molecule has 0 spiro atoms. The largest absolute Gasteiger partial charge is 0.395 e. The van der Waals surface area contributed by atoms with Crippen LogP contribution in [0.25, 0.3) is 0 Å². The molecule has 6 heteroatoms. The first kappa shape index (κ1) is 14.9. The lowest BCUT2D eigenvalue weighted by atomic mass is 10.0. The SMILES string of the molecule is O=[N+]([O-])c1ccc(C(O)C(CO)NC2CCCC2)cc1. The molecule has 1 fully saturated rings. The number of hydrogen-bond donors (Lipinski definition) is 3. The van der Waals surface area contributed by atoms with Crippen LogP contribution in [-0.4, -0.2) is 33.8 Å². The Morgan fingerprint density at radius 1 is 1.30 bits per heavy atom. The van der Waals surface area contributed by atoms with Crippen LogP contribution in [0, 0.1) is 10.1 Å². The van der Waals surface area contributed by atoms with E-state index in [0.717, 1.165) is 12.8 Å². The van der Waals surface area contributed by atoms with E-state index in [1.54, 1.807) is 0 Å². The summed E-state index contributed by atoms with van der Waals surface area (Å²) in [5.74, 6) is 0. The zero-order chi connectivity index (χ0) is 14.5. The van der Waals surface area contributed by atoms with Crippen molar-refractivity contribution in [1.82, 2.24) is 5.32 Å². The van der Waals surface area contributed by atoms with E-state index in [1.807, 2.05) is 0 Å². The van der Waals surface area contributed by atoms with Crippen LogP contribution in [0.3, 0.4) is 0 Å². The highest BCUT2D eigenvalue weighted by atomic mass is 16.6. The minimum absolute atomic E-state index is 0.00903. The Balaban J connectivity index is 2.02. The van der Waals surface area contributed by atoms with Gasteiger partial charge in [-0.25, -0.2) is 0 Å². The van der Waals surface area contributed by atoms with Gasteiger partial charge in [0.25, 0.3) is 5.69 Å². The molecule has 1 aromatic rings. The molecule has 0 aliphatic heterocycles. The second kappa shape index (κ2) is 6.78. The van der Waals surface area contributed by atoms with Crippen molar-refractivity contribution in [3.8, 4) is 0 Å². The standard InChI is InChI=1S/C14H20N2O4/c17-9-13(15-11-3-1-2-4-11)14(18)10-5-7-12(8-6-10)16(19)20/h5-8,11,13-15,17-18H,1-4,9H2. The number of nitro groups is 1. The molecule has 0 heterocycles. The third kappa shape index (κ3) is 3.53. The van der Waals surface area contributed by atoms with Gasteiger partial charge >= 0.3 is 0 Å². The van der Waals surface area contributed by atoms with Gasteiger partial charge in [0.2, 0.25) is 0 Å². The van der Waals surface area contributed by atoms with Gasteiger partial charge in [-0.05, 0) is 30.5 Å². The lowest BCUT2D eigenvalue weighted by Gasteiger charge is -2.26. The van der Waals surface area contributed by atoms with Crippen LogP contribution >= 0.6 is 0 Å². The number of aliphatic hydroxyl groups excluding tert-OH is 2. The van der Waals surface area contributed by atoms with Crippen LogP contribution in [0.4, 0.5) is 5.69 Å². The monoisotopic (exact) mass is 280 g/mol. The molecule has 0 aromatic heterocycles. The summed E-state index contributed by atoms with van der Waals surface area (Å²) < 4.78 is 0. The Labute approximate surface area is 117 Å². The van der Waals surface area contributed by atoms with E-state index in [4.69, 9.17) is 0 Å². The van der Waals surface area contributed by atoms with Gasteiger partial charge in [0.15, 0.2) is 0 Å². The first-order valence-electron chi connectivity index (χ1n) is 6.91. The molecule has 1 aliphatic rings. The molecule has 2 rings (SSSR count). The molecule has 20 heavy (non-hydrogen) atoms. The van der Waals surface area contributed by atoms with Gasteiger partial charge in [0.1, 0.15) is 0 Å². The van der Waals surface area contributed by atoms with Gasteiger partial charge in [0, 0.05) is 18.2 Å². The van der Waals surface area contributed by atoms with Crippen LogP contribution in [0.15, 0.2) is 24.3 Å². The van der Waals surface area contributed by atoms with Crippen molar-refractivity contribution in [2.75, 3.05) is 6.61 Å². The van der Waals surface area contributed by atoms with Gasteiger partial charge in [0.05, 0.1) is 23.7 Å². The van der Waals surface area contributed by atoms with Crippen molar-refractivity contribution in [3.63, 3.8) is 0 Å². The molecule has 6 nitrogen and oxygen atoms in total. The van der Waals surface area contributed by atoms with E-state index < -0.39 is 17.1 Å². The maximum Gasteiger partial charge on any atom is 0.269 e. The van der Waals surface area contributed by atoms with E-state index in [0.29, 0.717) is 11.6 Å². The number of rotatable bonds is 6. The summed E-state index contributed by atoms with van der Waals surface area (Å²) in [6.45, 7) is -0.172. The molecule has 0 amide bonds. The van der Waals surface area contributed by atoms with Crippen molar-refractivity contribution in [2.45, 2.75) is 43.9 Å². The summed E-state index contributed by atoms with van der Waals surface area (Å²) in [6.07, 6.45) is 3.58. The number of hydrogen-bond acceptors (Lipinski definition) is 5. The van der Waals surface area contributed by atoms with E-state index in [1.165, 1.54) is 37.1 Å². The summed E-state index contributed by atoms with van der Waals surface area (Å²) in [4.78, 5) is 10.1. The van der Waals surface area contributed by atoms with E-state index in [2.05, 4.69) is 5.32 Å². The minimum Gasteiger partial charge on any atom is -0.395 e. The zero-order valence-electron chi connectivity index (χ0n) is 11.2. The third-order valence-corrected chi connectivity index (χ3v) is 3.83. The minimum atomic E-state index is -0.874. The number of benzene rings is 1. The summed E-state index contributed by atoms with van der Waals surface area (Å²) in [5.41, 5.74) is 0.561. The van der Waals surface area contributed by atoms with E-state index >= 15 is 0 Å². The second-order valence-corrected chi connectivity index (χ2v) is 5.23. The summed E-state index contributed by atoms with van der Waals surface area (Å²) in [7, 11) is 0. The normalized spacial score (nSPS) is 18.9. The smallest absolute Gasteiger partial charge is 0.269 e. The molecular weight excluding hydrogens is 260 g/mol. The summed E-state index contributed by atoms with van der Waals surface area (Å²) in [5, 5.41) is 33.6. The average molecular weight is 280 g/mol. The molecule has 2 atom stereocenters. The highest BCUT2D eigenvalue weighted by molar-refractivity contribution is 5.34. The number of aliphatic hydroxyl groups is 2. The fourth-order valence-corrected chi connectivity index (χ4v) is 2.66. The first-order valence-corrected chi connectivity index (χ1v) is 6.91. The summed E-state index contributed by atoms with van der Waals surface area (Å²) >= 11 is 0. The van der Waals surface area contributed by atoms with Crippen LogP contribution < -0.4 is 5.32 Å². The topological polar surface area (TPSA) is 95.6 Å². The number of non-ortho nitro benzene ring substituents is 1. The molecule has 1 saturated carbocycles. The van der Waals surface area contributed by atoms with Crippen LogP contribution in [-0.2, 0) is 0 Å². The predicted molar refractivity (Wildman–Crippen MR) is 74.3 cm³/mol. The Morgan fingerprint density at radius 3 is 2.40 bits per heavy atom. The summed E-state index contributed by atoms with van der Waals surface area (Å²) in [6, 6.07) is 5.67. The van der Waals surface area contributed by atoms with Gasteiger partial charge < -0.3 is 15.5 Å². The molecule has 1 aromatic carbocycles. The second-order valence-electron chi connectivity index (χ2n) is 5.23. The molecule has 2 unspecified atom stereocenters. The Bertz CT molecular complexity index is 443. The maximum absolute atomic E-state index is 10.6. The predicted octanol–water partition coefficient (Wildman–Crippen LogP) is 1.52. The maximum atomic E-state index is 10.6. The van der Waals surface area contributed by atoms with Gasteiger partial charge in [-0.1, -0.05) is 12.8 Å². The highest BCUT2D eigenvalue weighted by Crippen LogP contribution is 2.23. The highest BCUT2D eigenvalue weighted by Gasteiger charge is 2.25. The fraction of sp³-hybridized carbons (Fsp3) is 0.571. The van der Waals surface area contributed by atoms with Crippen LogP contribution in [0.2, 0.25) is 0 Å². The van der Waals surface area contributed by atoms with Gasteiger partial charge in [-0.15, -0.1) is 0 Å². The Hall–Kier alpha value is -1.50. The van der Waals surface area contributed by atoms with Crippen molar-refractivity contribution in [1.29, 1.82) is 0 Å². The first-order chi connectivity index (χ1) is 9.61. The number of nitro benzene ring substituents is 1. The van der Waals surface area contributed by atoms with Gasteiger partial charge in [-0.3, -0.25) is 10.1 Å². The molecule has 1 aliphatic carbocycles. The fourth-order valence-electron chi connectivity index (χ4n) is 2.66. The van der Waals surface area contributed by atoms with Crippen LogP contribution in [0.5, 0.6) is 0 Å². The quantitative estimate of drug-likeness (QED) is 0.542. The Morgan fingerprint density at radius 2 is 1.90 bits per heavy atom. The zero-order valence-corrected chi connectivity index (χ0v) is 11.2. The van der Waals surface area contributed by atoms with Crippen molar-refractivity contribution < 1.29 is 15.1 Å². The molecule has 3 N–H and O–H groups in total. The van der Waals surface area contributed by atoms with Gasteiger partial charge in [-0.2, -0.15) is 0 Å². The third-order valence-electron chi connectivity index (χ3n) is 3.83. The number of nitrogens with zero attached hydrogens (tertiary/aromatic N) is 1. The molecule has 0 bridgehead atoms. The molecule has 0 radical (unpaired) electrons. The molecule has 110 valence electrons. The lowest BCUT2D eigenvalue weighted by Crippen LogP contribution is -2.43. The lowest BCUT2D eigenvalue weighted by molar-refractivity contribution is -0.384. The molecule has 0 saturated heterocycles. The van der Waals surface area contributed by atoms with Crippen LogP contribution in [0.1, 0.15) is 37.4 Å². The van der Waals surface area contributed by atoms with Crippen molar-refractivity contribution in [3.05, 3.63) is 39.9 Å². The number of nitrogens with one attached hydrogen (secondary N) is 1. The average Bonchev–Trinajstić information content (AvgIpc) is 2.97. The van der Waals surface area contributed by atoms with E-state index in [9.17, 15) is 20.3 Å². The molecular formula is C14H20N2O4.